The molecule has 0 saturated carbocycles. The van der Waals surface area contributed by atoms with Gasteiger partial charge in [-0.25, -0.2) is 0 Å². The highest BCUT2D eigenvalue weighted by Crippen LogP contribution is 2.30. The average molecular weight is 436 g/mol. The number of carbonyl (C=O) groups is 1. The van der Waals surface area contributed by atoms with Gasteiger partial charge in [0.15, 0.2) is 6.61 Å². The van der Waals surface area contributed by atoms with Crippen LogP contribution >= 0.6 is 23.2 Å². The Morgan fingerprint density at radius 2 is 1.72 bits per heavy atom. The Labute approximate surface area is 182 Å². The monoisotopic (exact) mass is 435 g/mol. The van der Waals surface area contributed by atoms with Crippen molar-refractivity contribution in [2.24, 2.45) is 0 Å². The lowest BCUT2D eigenvalue weighted by Crippen LogP contribution is -2.46. The van der Waals surface area contributed by atoms with Crippen molar-refractivity contribution < 1.29 is 9.53 Å². The van der Waals surface area contributed by atoms with Gasteiger partial charge in [-0.2, -0.15) is 0 Å². The van der Waals surface area contributed by atoms with Crippen LogP contribution in [0.15, 0.2) is 30.3 Å². The molecule has 7 heteroatoms. The van der Waals surface area contributed by atoms with E-state index in [1.165, 1.54) is 0 Å². The first kappa shape index (κ1) is 21.8. The summed E-state index contributed by atoms with van der Waals surface area (Å²) in [6.07, 6.45) is 0. The minimum atomic E-state index is -0.240. The van der Waals surface area contributed by atoms with E-state index in [1.807, 2.05) is 38.1 Å². The molecular weight excluding hydrogens is 409 g/mol. The molecule has 2 aromatic rings. The Morgan fingerprint density at radius 3 is 2.31 bits per heavy atom. The van der Waals surface area contributed by atoms with Crippen LogP contribution in [0.25, 0.3) is 0 Å². The molecule has 0 aliphatic carbocycles. The summed E-state index contributed by atoms with van der Waals surface area (Å²) in [5.74, 6) is 0.384. The Bertz CT molecular complexity index is 857. The van der Waals surface area contributed by atoms with E-state index in [4.69, 9.17) is 27.9 Å². The minimum Gasteiger partial charge on any atom is -0.484 e. The molecule has 0 aromatic heterocycles. The van der Waals surface area contributed by atoms with E-state index >= 15 is 0 Å². The van der Waals surface area contributed by atoms with Crippen molar-refractivity contribution >= 4 is 40.5 Å². The van der Waals surface area contributed by atoms with Crippen LogP contribution in [0.4, 0.5) is 11.4 Å². The summed E-state index contributed by atoms with van der Waals surface area (Å²) in [4.78, 5) is 17.0. The summed E-state index contributed by atoms with van der Waals surface area (Å²) < 4.78 is 5.61. The molecule has 1 N–H and O–H groups in total. The van der Waals surface area contributed by atoms with Crippen molar-refractivity contribution in [1.29, 1.82) is 0 Å². The number of carbonyl (C=O) groups excluding carboxylic acids is 1. The smallest absolute Gasteiger partial charge is 0.262 e. The first-order chi connectivity index (χ1) is 13.9. The highest BCUT2D eigenvalue weighted by Gasteiger charge is 2.18. The summed E-state index contributed by atoms with van der Waals surface area (Å²) in [7, 11) is 0. The topological polar surface area (TPSA) is 44.8 Å². The molecule has 1 saturated heterocycles. The number of hydrogen-bond acceptors (Lipinski definition) is 4. The van der Waals surface area contributed by atoms with Crippen LogP contribution < -0.4 is 15.0 Å². The Kier molecular flexibility index (Phi) is 7.28. The lowest BCUT2D eigenvalue weighted by atomic mass is 10.1. The number of aryl methyl sites for hydroxylation is 2. The van der Waals surface area contributed by atoms with Crippen molar-refractivity contribution in [2.75, 3.05) is 49.5 Å². The molecule has 0 spiro atoms. The van der Waals surface area contributed by atoms with Gasteiger partial charge in [0.1, 0.15) is 5.75 Å². The Balaban J connectivity index is 1.56. The molecule has 0 unspecified atom stereocenters. The van der Waals surface area contributed by atoms with Crippen LogP contribution in [0.1, 0.15) is 18.1 Å². The number of amides is 1. The van der Waals surface area contributed by atoms with Gasteiger partial charge in [-0.3, -0.25) is 4.79 Å². The van der Waals surface area contributed by atoms with E-state index in [1.54, 1.807) is 6.07 Å². The lowest BCUT2D eigenvalue weighted by molar-refractivity contribution is -0.118. The number of hydrogen-bond donors (Lipinski definition) is 1. The van der Waals surface area contributed by atoms with E-state index in [-0.39, 0.29) is 12.5 Å². The number of benzene rings is 2. The fraction of sp³-hybridized carbons (Fsp3) is 0.409. The third kappa shape index (κ3) is 5.56. The number of likely N-dealkylation sites (N-methyl/N-ethyl adjacent to an activating group) is 1. The van der Waals surface area contributed by atoms with E-state index in [9.17, 15) is 4.79 Å². The highest BCUT2D eigenvalue weighted by atomic mass is 35.5. The Morgan fingerprint density at radius 1 is 1.07 bits per heavy atom. The third-order valence-corrected chi connectivity index (χ3v) is 6.07. The summed E-state index contributed by atoms with van der Waals surface area (Å²) in [5, 5.41) is 4.19. The number of piperazine rings is 1. The van der Waals surface area contributed by atoms with Crippen molar-refractivity contribution in [3.63, 3.8) is 0 Å². The van der Waals surface area contributed by atoms with Crippen LogP contribution in [-0.4, -0.2) is 50.1 Å². The first-order valence-electron chi connectivity index (χ1n) is 9.83. The van der Waals surface area contributed by atoms with Crippen LogP contribution in [0.3, 0.4) is 0 Å². The van der Waals surface area contributed by atoms with Gasteiger partial charge in [-0.1, -0.05) is 30.1 Å². The summed E-state index contributed by atoms with van der Waals surface area (Å²) in [6.45, 7) is 11.0. The van der Waals surface area contributed by atoms with E-state index < -0.39 is 0 Å². The molecule has 3 rings (SSSR count). The number of ether oxygens (including phenoxy) is 1. The normalized spacial score (nSPS) is 14.7. The second-order valence-corrected chi connectivity index (χ2v) is 8.08. The lowest BCUT2D eigenvalue weighted by Gasteiger charge is -2.36. The molecule has 1 aliphatic heterocycles. The fourth-order valence-electron chi connectivity index (χ4n) is 3.48. The van der Waals surface area contributed by atoms with E-state index in [0.29, 0.717) is 21.5 Å². The van der Waals surface area contributed by atoms with E-state index in [2.05, 4.69) is 22.0 Å². The van der Waals surface area contributed by atoms with Gasteiger partial charge >= 0.3 is 0 Å². The van der Waals surface area contributed by atoms with Gasteiger partial charge in [-0.15, -0.1) is 0 Å². The molecule has 5 nitrogen and oxygen atoms in total. The maximum Gasteiger partial charge on any atom is 0.262 e. The van der Waals surface area contributed by atoms with Crippen molar-refractivity contribution in [3.8, 4) is 5.75 Å². The molecular formula is C22H27Cl2N3O2. The third-order valence-electron chi connectivity index (χ3n) is 5.17. The maximum atomic E-state index is 12.3. The zero-order chi connectivity index (χ0) is 21.0. The fourth-order valence-corrected chi connectivity index (χ4v) is 3.89. The van der Waals surface area contributed by atoms with Crippen molar-refractivity contribution in [1.82, 2.24) is 4.90 Å². The number of rotatable bonds is 6. The van der Waals surface area contributed by atoms with Crippen molar-refractivity contribution in [3.05, 3.63) is 51.5 Å². The largest absolute Gasteiger partial charge is 0.484 e. The SMILES string of the molecule is CCN1CCN(c2ccc(NC(=O)COc3cc(C)c(Cl)c(C)c3)cc2Cl)CC1. The summed E-state index contributed by atoms with van der Waals surface area (Å²) in [5.41, 5.74) is 3.50. The molecule has 1 fully saturated rings. The maximum absolute atomic E-state index is 12.3. The molecule has 156 valence electrons. The molecule has 0 bridgehead atoms. The zero-order valence-corrected chi connectivity index (χ0v) is 18.6. The van der Waals surface area contributed by atoms with Crippen LogP contribution in [0.5, 0.6) is 5.75 Å². The molecule has 1 amide bonds. The summed E-state index contributed by atoms with van der Waals surface area (Å²) in [6, 6.07) is 9.28. The number of halogens is 2. The molecule has 0 atom stereocenters. The van der Waals surface area contributed by atoms with Crippen LogP contribution in [0.2, 0.25) is 10.0 Å². The quantitative estimate of drug-likeness (QED) is 0.709. The van der Waals surface area contributed by atoms with Crippen molar-refractivity contribution in [2.45, 2.75) is 20.8 Å². The molecule has 0 radical (unpaired) electrons. The second kappa shape index (κ2) is 9.70. The molecule has 1 heterocycles. The van der Waals surface area contributed by atoms with Gasteiger partial charge in [0.05, 0.1) is 10.7 Å². The first-order valence-corrected chi connectivity index (χ1v) is 10.6. The summed E-state index contributed by atoms with van der Waals surface area (Å²) >= 11 is 12.7. The average Bonchev–Trinajstić information content (AvgIpc) is 2.70. The molecule has 29 heavy (non-hydrogen) atoms. The number of anilines is 2. The number of nitrogens with one attached hydrogen (secondary N) is 1. The predicted molar refractivity (Wildman–Crippen MR) is 121 cm³/mol. The van der Waals surface area contributed by atoms with Gasteiger partial charge < -0.3 is 19.9 Å². The minimum absolute atomic E-state index is 0.0845. The van der Waals surface area contributed by atoms with Gasteiger partial charge in [0, 0.05) is 36.9 Å². The van der Waals surface area contributed by atoms with Gasteiger partial charge in [0.2, 0.25) is 0 Å². The molecule has 2 aromatic carbocycles. The number of nitrogens with zero attached hydrogens (tertiary/aromatic N) is 2. The highest BCUT2D eigenvalue weighted by molar-refractivity contribution is 6.33. The second-order valence-electron chi connectivity index (χ2n) is 7.30. The Hall–Kier alpha value is -1.95. The van der Waals surface area contributed by atoms with Gasteiger partial charge in [0.25, 0.3) is 5.91 Å². The van der Waals surface area contributed by atoms with Crippen LogP contribution in [-0.2, 0) is 4.79 Å². The van der Waals surface area contributed by atoms with Gasteiger partial charge in [-0.05, 0) is 61.9 Å². The zero-order valence-electron chi connectivity index (χ0n) is 17.1. The van der Waals surface area contributed by atoms with E-state index in [0.717, 1.165) is 49.5 Å². The van der Waals surface area contributed by atoms with Crippen LogP contribution in [0, 0.1) is 13.8 Å². The molecule has 1 aliphatic rings. The predicted octanol–water partition coefficient (Wildman–Crippen LogP) is 4.77. The standard InChI is InChI=1S/C22H27Cl2N3O2/c1-4-26-7-9-27(10-8-26)20-6-5-17(13-19(20)23)25-21(28)14-29-18-11-15(2)22(24)16(3)12-18/h5-6,11-13H,4,7-10,14H2,1-3H3,(H,25,28).